The Morgan fingerprint density at radius 2 is 1.87 bits per heavy atom. The fraction of sp³-hybridized carbons (Fsp3) is 0.348. The highest BCUT2D eigenvalue weighted by atomic mass is 32.2. The first-order valence-electron chi connectivity index (χ1n) is 10.2. The number of carbonyl (C=O) groups is 1. The first kappa shape index (κ1) is 20.5. The van der Waals surface area contributed by atoms with Gasteiger partial charge in [-0.15, -0.1) is 16.9 Å². The van der Waals surface area contributed by atoms with E-state index in [9.17, 15) is 4.79 Å². The van der Waals surface area contributed by atoms with E-state index in [1.165, 1.54) is 4.90 Å². The molecule has 2 aromatic carbocycles. The van der Waals surface area contributed by atoms with Gasteiger partial charge in [-0.2, -0.15) is 0 Å². The van der Waals surface area contributed by atoms with Gasteiger partial charge in [-0.3, -0.25) is 4.79 Å². The Balaban J connectivity index is 1.23. The molecule has 1 fully saturated rings. The number of ether oxygens (including phenoxy) is 1. The highest BCUT2D eigenvalue weighted by Crippen LogP contribution is 2.24. The van der Waals surface area contributed by atoms with Gasteiger partial charge in [0.05, 0.1) is 18.7 Å². The van der Waals surface area contributed by atoms with Gasteiger partial charge in [0.2, 0.25) is 5.91 Å². The van der Waals surface area contributed by atoms with Crippen LogP contribution in [0, 0.1) is 0 Å². The number of thioether (sulfide) groups is 1. The molecule has 6 nitrogen and oxygen atoms in total. The van der Waals surface area contributed by atoms with E-state index in [1.807, 2.05) is 57.9 Å². The summed E-state index contributed by atoms with van der Waals surface area (Å²) >= 11 is 1.83. The zero-order valence-electron chi connectivity index (χ0n) is 17.3. The first-order chi connectivity index (χ1) is 14.6. The number of nitrogens with zero attached hydrogens (tertiary/aromatic N) is 4. The van der Waals surface area contributed by atoms with Crippen molar-refractivity contribution in [1.29, 1.82) is 0 Å². The zero-order chi connectivity index (χ0) is 20.9. The van der Waals surface area contributed by atoms with E-state index < -0.39 is 0 Å². The van der Waals surface area contributed by atoms with E-state index in [0.29, 0.717) is 31.4 Å². The zero-order valence-corrected chi connectivity index (χ0v) is 18.1. The van der Waals surface area contributed by atoms with E-state index in [1.54, 1.807) is 0 Å². The number of likely N-dealkylation sites (tertiary alicyclic amines) is 1. The van der Waals surface area contributed by atoms with Crippen molar-refractivity contribution in [1.82, 2.24) is 19.9 Å². The standard InChI is InChI=1S/C23H26N4O2S/c1-17(2)30-22-10-8-18(9-11-22)12-23(28)26-14-20(15-26)27-13-19(24-25-27)16-29-21-6-4-3-5-7-21/h3-11,13,17,20H,12,14-16H2,1-2H3. The van der Waals surface area contributed by atoms with Crippen molar-refractivity contribution < 1.29 is 9.53 Å². The lowest BCUT2D eigenvalue weighted by molar-refractivity contribution is -0.136. The topological polar surface area (TPSA) is 60.2 Å². The van der Waals surface area contributed by atoms with Crippen molar-refractivity contribution in [3.63, 3.8) is 0 Å². The summed E-state index contributed by atoms with van der Waals surface area (Å²) in [6.45, 7) is 6.07. The van der Waals surface area contributed by atoms with Gasteiger partial charge in [0, 0.05) is 23.2 Å². The minimum atomic E-state index is 0.156. The highest BCUT2D eigenvalue weighted by Gasteiger charge is 2.32. The van der Waals surface area contributed by atoms with Crippen LogP contribution < -0.4 is 4.74 Å². The van der Waals surface area contributed by atoms with E-state index in [4.69, 9.17) is 4.74 Å². The Kier molecular flexibility index (Phi) is 6.38. The highest BCUT2D eigenvalue weighted by molar-refractivity contribution is 7.99. The summed E-state index contributed by atoms with van der Waals surface area (Å²) in [6, 6.07) is 18.1. The SMILES string of the molecule is CC(C)Sc1ccc(CC(=O)N2CC(n3cc(COc4ccccc4)nn3)C2)cc1. The molecule has 1 saturated heterocycles. The number of amides is 1. The molecule has 1 amide bonds. The van der Waals surface area contributed by atoms with Gasteiger partial charge < -0.3 is 9.64 Å². The van der Waals surface area contributed by atoms with Crippen molar-refractivity contribution in [3.8, 4) is 5.75 Å². The van der Waals surface area contributed by atoms with Crippen LogP contribution in [-0.4, -0.2) is 44.1 Å². The van der Waals surface area contributed by atoms with Crippen molar-refractivity contribution in [2.45, 2.75) is 43.1 Å². The van der Waals surface area contributed by atoms with Crippen LogP contribution in [0.5, 0.6) is 5.75 Å². The molecule has 0 bridgehead atoms. The minimum Gasteiger partial charge on any atom is -0.487 e. The number of carbonyl (C=O) groups excluding carboxylic acids is 1. The molecule has 3 aromatic rings. The van der Waals surface area contributed by atoms with Crippen LogP contribution in [0.15, 0.2) is 65.7 Å². The number of hydrogen-bond acceptors (Lipinski definition) is 5. The molecule has 30 heavy (non-hydrogen) atoms. The number of aromatic nitrogens is 3. The van der Waals surface area contributed by atoms with Crippen LogP contribution in [0.2, 0.25) is 0 Å². The van der Waals surface area contributed by atoms with Crippen LogP contribution in [0.4, 0.5) is 0 Å². The summed E-state index contributed by atoms with van der Waals surface area (Å²) in [5, 5.41) is 8.94. The lowest BCUT2D eigenvalue weighted by atomic mass is 10.1. The van der Waals surface area contributed by atoms with Crippen molar-refractivity contribution in [2.75, 3.05) is 13.1 Å². The monoisotopic (exact) mass is 422 g/mol. The molecule has 0 saturated carbocycles. The van der Waals surface area contributed by atoms with Crippen LogP contribution in [0.1, 0.15) is 31.1 Å². The summed E-state index contributed by atoms with van der Waals surface area (Å²) < 4.78 is 7.55. The van der Waals surface area contributed by atoms with Gasteiger partial charge in [-0.1, -0.05) is 49.4 Å². The lowest BCUT2D eigenvalue weighted by Gasteiger charge is -2.39. The summed E-state index contributed by atoms with van der Waals surface area (Å²) in [5.41, 5.74) is 1.83. The molecule has 1 aliphatic heterocycles. The van der Waals surface area contributed by atoms with E-state index in [2.05, 4.69) is 48.4 Å². The maximum Gasteiger partial charge on any atom is 0.227 e. The Hall–Kier alpha value is -2.80. The normalized spacial score (nSPS) is 14.0. The van der Waals surface area contributed by atoms with Gasteiger partial charge in [0.15, 0.2) is 0 Å². The molecule has 7 heteroatoms. The molecule has 0 unspecified atom stereocenters. The van der Waals surface area contributed by atoms with Gasteiger partial charge >= 0.3 is 0 Å². The number of benzene rings is 2. The molecule has 0 N–H and O–H groups in total. The summed E-state index contributed by atoms with van der Waals surface area (Å²) in [5.74, 6) is 0.964. The lowest BCUT2D eigenvalue weighted by Crippen LogP contribution is -2.51. The Bertz CT molecular complexity index is 966. The van der Waals surface area contributed by atoms with Crippen molar-refractivity contribution >= 4 is 17.7 Å². The third-order valence-corrected chi connectivity index (χ3v) is 5.94. The molecule has 2 heterocycles. The third-order valence-electron chi connectivity index (χ3n) is 4.93. The van der Waals surface area contributed by atoms with Gasteiger partial charge in [-0.05, 0) is 29.8 Å². The second-order valence-electron chi connectivity index (χ2n) is 7.73. The predicted molar refractivity (Wildman–Crippen MR) is 118 cm³/mol. The number of para-hydroxylation sites is 1. The Morgan fingerprint density at radius 3 is 2.57 bits per heavy atom. The third kappa shape index (κ3) is 5.21. The molecular weight excluding hydrogens is 396 g/mol. The molecule has 4 rings (SSSR count). The molecule has 0 spiro atoms. The average molecular weight is 423 g/mol. The summed E-state index contributed by atoms with van der Waals surface area (Å²) in [4.78, 5) is 15.7. The van der Waals surface area contributed by atoms with Crippen LogP contribution >= 0.6 is 11.8 Å². The quantitative estimate of drug-likeness (QED) is 0.514. The van der Waals surface area contributed by atoms with Gasteiger partial charge in [0.1, 0.15) is 18.1 Å². The van der Waals surface area contributed by atoms with E-state index in [0.717, 1.165) is 17.0 Å². The molecule has 0 atom stereocenters. The van der Waals surface area contributed by atoms with Gasteiger partial charge in [0.25, 0.3) is 0 Å². The van der Waals surface area contributed by atoms with Crippen LogP contribution in [0.25, 0.3) is 0 Å². The molecule has 156 valence electrons. The van der Waals surface area contributed by atoms with Crippen molar-refractivity contribution in [2.24, 2.45) is 0 Å². The van der Waals surface area contributed by atoms with Crippen molar-refractivity contribution in [3.05, 3.63) is 72.1 Å². The maximum atomic E-state index is 12.6. The molecule has 0 aliphatic carbocycles. The summed E-state index contributed by atoms with van der Waals surface area (Å²) in [7, 11) is 0. The Labute approximate surface area is 181 Å². The predicted octanol–water partition coefficient (Wildman–Crippen LogP) is 3.98. The minimum absolute atomic E-state index is 0.156. The van der Waals surface area contributed by atoms with Crippen LogP contribution in [-0.2, 0) is 17.8 Å². The smallest absolute Gasteiger partial charge is 0.227 e. The number of rotatable bonds is 8. The fourth-order valence-corrected chi connectivity index (χ4v) is 4.14. The molecular formula is C23H26N4O2S. The maximum absolute atomic E-state index is 12.6. The summed E-state index contributed by atoms with van der Waals surface area (Å²) in [6.07, 6.45) is 2.34. The van der Waals surface area contributed by atoms with E-state index in [-0.39, 0.29) is 11.9 Å². The number of hydrogen-bond donors (Lipinski definition) is 0. The molecule has 0 radical (unpaired) electrons. The fourth-order valence-electron chi connectivity index (χ4n) is 3.30. The Morgan fingerprint density at radius 1 is 1.13 bits per heavy atom. The molecule has 1 aromatic heterocycles. The van der Waals surface area contributed by atoms with E-state index >= 15 is 0 Å². The second-order valence-corrected chi connectivity index (χ2v) is 9.38. The second kappa shape index (κ2) is 9.34. The van der Waals surface area contributed by atoms with Crippen LogP contribution in [0.3, 0.4) is 0 Å². The average Bonchev–Trinajstić information content (AvgIpc) is 3.16. The van der Waals surface area contributed by atoms with Gasteiger partial charge in [-0.25, -0.2) is 4.68 Å². The molecule has 1 aliphatic rings. The first-order valence-corrected chi connectivity index (χ1v) is 11.1. The largest absolute Gasteiger partial charge is 0.487 e.